The average Bonchev–Trinajstić information content (AvgIpc) is 2.73. The molecule has 0 N–H and O–H groups in total. The zero-order valence-corrected chi connectivity index (χ0v) is 9.52. The predicted octanol–water partition coefficient (Wildman–Crippen LogP) is 2.54. The maximum Gasteiger partial charge on any atom is 0.118 e. The summed E-state index contributed by atoms with van der Waals surface area (Å²) in [6, 6.07) is 4.29. The van der Waals surface area contributed by atoms with Crippen LogP contribution in [0, 0.1) is 6.92 Å². The van der Waals surface area contributed by atoms with E-state index >= 15 is 0 Å². The second-order valence-corrected chi connectivity index (χ2v) is 4.53. The molecule has 1 aliphatic heterocycles. The molecule has 2 aromatic rings. The number of ether oxygens (including phenoxy) is 1. The zero-order chi connectivity index (χ0) is 11.0. The number of pyridine rings is 1. The van der Waals surface area contributed by atoms with Crippen molar-refractivity contribution in [1.82, 2.24) is 9.38 Å². The molecular weight excluding hydrogens is 200 g/mol. The van der Waals surface area contributed by atoms with Crippen LogP contribution < -0.4 is 0 Å². The van der Waals surface area contributed by atoms with Crippen molar-refractivity contribution in [2.24, 2.45) is 0 Å². The molecule has 3 rings (SSSR count). The zero-order valence-electron chi connectivity index (χ0n) is 9.52. The third-order valence-corrected chi connectivity index (χ3v) is 3.24. The van der Waals surface area contributed by atoms with E-state index < -0.39 is 0 Å². The highest BCUT2D eigenvalue weighted by molar-refractivity contribution is 5.48. The summed E-state index contributed by atoms with van der Waals surface area (Å²) in [5.41, 5.74) is 2.46. The number of fused-ring (bicyclic) bond motifs is 1. The van der Waals surface area contributed by atoms with Gasteiger partial charge in [-0.15, -0.1) is 0 Å². The van der Waals surface area contributed by atoms with Gasteiger partial charge in [-0.2, -0.15) is 0 Å². The van der Waals surface area contributed by atoms with Gasteiger partial charge in [0.15, 0.2) is 0 Å². The Kier molecular flexibility index (Phi) is 2.40. The molecule has 1 fully saturated rings. The van der Waals surface area contributed by atoms with Crippen LogP contribution in [0.4, 0.5) is 0 Å². The highest BCUT2D eigenvalue weighted by atomic mass is 16.5. The van der Waals surface area contributed by atoms with E-state index in [-0.39, 0.29) is 0 Å². The summed E-state index contributed by atoms with van der Waals surface area (Å²) in [7, 11) is 0. The van der Waals surface area contributed by atoms with E-state index in [0.717, 1.165) is 25.5 Å². The number of aryl methyl sites for hydroxylation is 1. The van der Waals surface area contributed by atoms with Crippen LogP contribution in [0.25, 0.3) is 5.52 Å². The van der Waals surface area contributed by atoms with Gasteiger partial charge in [-0.1, -0.05) is 0 Å². The number of nitrogens with zero attached hydrogens (tertiary/aromatic N) is 2. The first-order chi connectivity index (χ1) is 7.84. The highest BCUT2D eigenvalue weighted by Crippen LogP contribution is 2.25. The van der Waals surface area contributed by atoms with Crippen molar-refractivity contribution in [3.05, 3.63) is 35.9 Å². The van der Waals surface area contributed by atoms with Crippen molar-refractivity contribution >= 4 is 5.52 Å². The number of hydrogen-bond donors (Lipinski definition) is 0. The Bertz CT molecular complexity index is 498. The number of imidazole rings is 1. The summed E-state index contributed by atoms with van der Waals surface area (Å²) in [5, 5.41) is 0. The minimum absolute atomic E-state index is 0.457. The van der Waals surface area contributed by atoms with Crippen LogP contribution in [-0.4, -0.2) is 22.6 Å². The Hall–Kier alpha value is -1.35. The first kappa shape index (κ1) is 9.85. The molecule has 0 spiro atoms. The summed E-state index contributed by atoms with van der Waals surface area (Å²) in [4.78, 5) is 4.54. The van der Waals surface area contributed by atoms with E-state index in [4.69, 9.17) is 4.74 Å². The molecule has 1 saturated heterocycles. The topological polar surface area (TPSA) is 26.5 Å². The van der Waals surface area contributed by atoms with E-state index in [1.807, 2.05) is 6.20 Å². The maximum atomic E-state index is 5.53. The van der Waals surface area contributed by atoms with Crippen molar-refractivity contribution in [2.45, 2.75) is 25.7 Å². The average molecular weight is 216 g/mol. The van der Waals surface area contributed by atoms with Crippen LogP contribution in [0.15, 0.2) is 24.5 Å². The largest absolute Gasteiger partial charge is 0.381 e. The van der Waals surface area contributed by atoms with Gasteiger partial charge in [0.2, 0.25) is 0 Å². The summed E-state index contributed by atoms with van der Waals surface area (Å²) < 4.78 is 7.71. The van der Waals surface area contributed by atoms with E-state index in [0.29, 0.717) is 5.92 Å². The molecule has 2 aromatic heterocycles. The van der Waals surface area contributed by atoms with Gasteiger partial charge in [-0.05, 0) is 37.5 Å². The summed E-state index contributed by atoms with van der Waals surface area (Å²) >= 11 is 0. The number of aromatic nitrogens is 2. The highest BCUT2D eigenvalue weighted by Gasteiger charge is 2.20. The standard InChI is InChI=1S/C13H16N2O/c1-10-4-5-15-12(7-10)8-14-13(15)11-3-2-6-16-9-11/h4-5,7-8,11H,2-3,6,9H2,1H3. The first-order valence-corrected chi connectivity index (χ1v) is 5.86. The second-order valence-electron chi connectivity index (χ2n) is 4.53. The van der Waals surface area contributed by atoms with Gasteiger partial charge in [0.05, 0.1) is 18.3 Å². The van der Waals surface area contributed by atoms with Gasteiger partial charge in [0.25, 0.3) is 0 Å². The smallest absolute Gasteiger partial charge is 0.118 e. The van der Waals surface area contributed by atoms with E-state index in [1.165, 1.54) is 17.5 Å². The molecule has 0 amide bonds. The molecule has 1 aliphatic rings. The van der Waals surface area contributed by atoms with Crippen molar-refractivity contribution in [2.75, 3.05) is 13.2 Å². The van der Waals surface area contributed by atoms with Gasteiger partial charge < -0.3 is 9.14 Å². The maximum absolute atomic E-state index is 5.53. The third kappa shape index (κ3) is 1.61. The van der Waals surface area contributed by atoms with E-state index in [9.17, 15) is 0 Å². The summed E-state index contributed by atoms with van der Waals surface area (Å²) in [6.07, 6.45) is 6.40. The number of hydrogen-bond acceptors (Lipinski definition) is 2. The first-order valence-electron chi connectivity index (χ1n) is 5.86. The fourth-order valence-corrected chi connectivity index (χ4v) is 2.38. The van der Waals surface area contributed by atoms with Crippen LogP contribution >= 0.6 is 0 Å². The SMILES string of the molecule is Cc1ccn2c(C3CCCOC3)ncc2c1. The second kappa shape index (κ2) is 3.91. The van der Waals surface area contributed by atoms with Gasteiger partial charge in [-0.3, -0.25) is 0 Å². The molecule has 3 nitrogen and oxygen atoms in total. The Balaban J connectivity index is 2.03. The monoisotopic (exact) mass is 216 g/mol. The van der Waals surface area contributed by atoms with Crippen LogP contribution in [0.2, 0.25) is 0 Å². The Labute approximate surface area is 95.1 Å². The molecule has 1 unspecified atom stereocenters. The van der Waals surface area contributed by atoms with Crippen molar-refractivity contribution in [3.63, 3.8) is 0 Å². The lowest BCUT2D eigenvalue weighted by Gasteiger charge is -2.21. The molecule has 0 aromatic carbocycles. The summed E-state index contributed by atoms with van der Waals surface area (Å²) in [6.45, 7) is 3.82. The molecule has 3 heteroatoms. The lowest BCUT2D eigenvalue weighted by molar-refractivity contribution is 0.0779. The molecule has 0 radical (unpaired) electrons. The molecule has 3 heterocycles. The normalized spacial score (nSPS) is 21.4. The van der Waals surface area contributed by atoms with Gasteiger partial charge in [-0.25, -0.2) is 4.98 Å². The van der Waals surface area contributed by atoms with Crippen LogP contribution in [0.5, 0.6) is 0 Å². The molecular formula is C13H16N2O. The fourth-order valence-electron chi connectivity index (χ4n) is 2.38. The summed E-state index contributed by atoms with van der Waals surface area (Å²) in [5.74, 6) is 1.61. The molecule has 84 valence electrons. The van der Waals surface area contributed by atoms with Gasteiger partial charge in [0.1, 0.15) is 5.82 Å². The van der Waals surface area contributed by atoms with Crippen LogP contribution in [-0.2, 0) is 4.74 Å². The molecule has 0 saturated carbocycles. The van der Waals surface area contributed by atoms with Crippen molar-refractivity contribution in [1.29, 1.82) is 0 Å². The Morgan fingerprint density at radius 3 is 3.25 bits per heavy atom. The minimum atomic E-state index is 0.457. The fraction of sp³-hybridized carbons (Fsp3) is 0.462. The molecule has 16 heavy (non-hydrogen) atoms. The van der Waals surface area contributed by atoms with E-state index in [1.54, 1.807) is 0 Å². The van der Waals surface area contributed by atoms with Gasteiger partial charge >= 0.3 is 0 Å². The van der Waals surface area contributed by atoms with Crippen LogP contribution in [0.3, 0.4) is 0 Å². The lowest BCUT2D eigenvalue weighted by Crippen LogP contribution is -2.17. The molecule has 0 bridgehead atoms. The molecule has 1 atom stereocenters. The van der Waals surface area contributed by atoms with Crippen LogP contribution in [0.1, 0.15) is 30.1 Å². The van der Waals surface area contributed by atoms with Crippen molar-refractivity contribution in [3.8, 4) is 0 Å². The van der Waals surface area contributed by atoms with E-state index in [2.05, 4.69) is 34.6 Å². The lowest BCUT2D eigenvalue weighted by atomic mass is 10.0. The third-order valence-electron chi connectivity index (χ3n) is 3.24. The Morgan fingerprint density at radius 1 is 1.50 bits per heavy atom. The minimum Gasteiger partial charge on any atom is -0.381 e. The van der Waals surface area contributed by atoms with Crippen molar-refractivity contribution < 1.29 is 4.74 Å². The van der Waals surface area contributed by atoms with Gasteiger partial charge in [0, 0.05) is 18.7 Å². The predicted molar refractivity (Wildman–Crippen MR) is 62.7 cm³/mol. The molecule has 0 aliphatic carbocycles. The number of rotatable bonds is 1. The quantitative estimate of drug-likeness (QED) is 0.732. The Morgan fingerprint density at radius 2 is 2.44 bits per heavy atom.